The van der Waals surface area contributed by atoms with Gasteiger partial charge in [0.05, 0.1) is 25.4 Å². The second kappa shape index (κ2) is 64.6. The topological polar surface area (TPSA) is 95.9 Å². The highest BCUT2D eigenvalue weighted by Gasteiger charge is 2.18. The van der Waals surface area contributed by atoms with Crippen LogP contribution in [0, 0.1) is 0 Å². The van der Waals surface area contributed by atoms with Gasteiger partial charge in [0.2, 0.25) is 5.91 Å². The Morgan fingerprint density at radius 2 is 0.667 bits per heavy atom. The normalized spacial score (nSPS) is 12.7. The quantitative estimate of drug-likeness (QED) is 0.0320. The fraction of sp³-hybridized carbons (Fsp3) is 0.884. The van der Waals surface area contributed by atoms with E-state index in [1.54, 1.807) is 6.08 Å². The van der Waals surface area contributed by atoms with Crippen LogP contribution >= 0.6 is 0 Å². The molecule has 0 spiro atoms. The lowest BCUT2D eigenvalue weighted by Gasteiger charge is -2.20. The van der Waals surface area contributed by atoms with Crippen molar-refractivity contribution < 1.29 is 24.5 Å². The average molecular weight is 1050 g/mol. The zero-order chi connectivity index (χ0) is 54.3. The minimum atomic E-state index is -0.848. The number of unbranched alkanes of at least 4 members (excludes halogenated alkanes) is 48. The molecule has 0 aliphatic carbocycles. The molecule has 0 aliphatic heterocycles. The van der Waals surface area contributed by atoms with E-state index in [9.17, 15) is 19.8 Å². The molecule has 0 fully saturated rings. The molecule has 0 aromatic rings. The van der Waals surface area contributed by atoms with Crippen LogP contribution < -0.4 is 5.32 Å². The third kappa shape index (κ3) is 61.2. The molecule has 75 heavy (non-hydrogen) atoms. The number of rotatable bonds is 63. The molecule has 0 rings (SSSR count). The number of aliphatic hydroxyl groups excluding tert-OH is 2. The molecule has 0 saturated heterocycles. The Bertz CT molecular complexity index is 1210. The summed E-state index contributed by atoms with van der Waals surface area (Å²) in [6.45, 7) is 4.92. The van der Waals surface area contributed by atoms with Crippen LogP contribution in [-0.4, -0.2) is 47.4 Å². The summed E-state index contributed by atoms with van der Waals surface area (Å²) in [6, 6.07) is -0.632. The van der Waals surface area contributed by atoms with E-state index < -0.39 is 12.1 Å². The largest absolute Gasteiger partial charge is 0.466 e. The minimum absolute atomic E-state index is 0.0136. The average Bonchev–Trinajstić information content (AvgIpc) is 3.41. The van der Waals surface area contributed by atoms with Crippen LogP contribution in [0.25, 0.3) is 0 Å². The van der Waals surface area contributed by atoms with E-state index in [2.05, 4.69) is 43.5 Å². The molecule has 3 N–H and O–H groups in total. The molecule has 6 heteroatoms. The predicted molar refractivity (Wildman–Crippen MR) is 329 cm³/mol. The SMILES string of the molecule is CCCCCCCCCCCCCC/C=C/C(O)C(CO)NC(=O)CCCCCCCCCCC/C=C\C/C=C\CCCCCCCCCCCOC(=O)CCCCCCCCCCCCCCCCCCCCC. The standard InChI is InChI=1S/C69H131NO5/c1-3-5-7-9-11-13-15-17-19-20-28-32-35-39-43-47-51-55-59-63-69(74)75-64-60-56-52-48-44-40-36-33-30-27-25-23-21-22-24-26-29-31-34-38-42-46-50-54-58-62-68(73)70-66(65-71)67(72)61-57-53-49-45-41-37-18-16-14-12-10-8-6-4-2/h22-25,57,61,66-67,71-72H,3-21,26-56,58-60,62-65H2,1-2H3,(H,70,73)/b24-22-,25-23-,61-57+. The third-order valence-corrected chi connectivity index (χ3v) is 15.7. The minimum Gasteiger partial charge on any atom is -0.466 e. The van der Waals surface area contributed by atoms with Crippen molar-refractivity contribution in [3.05, 3.63) is 36.5 Å². The summed E-state index contributed by atoms with van der Waals surface area (Å²) >= 11 is 0. The lowest BCUT2D eigenvalue weighted by Crippen LogP contribution is -2.45. The molecule has 442 valence electrons. The number of hydrogen-bond donors (Lipinski definition) is 3. The number of carbonyl (C=O) groups is 2. The van der Waals surface area contributed by atoms with E-state index in [1.165, 1.54) is 295 Å². The monoisotopic (exact) mass is 1050 g/mol. The van der Waals surface area contributed by atoms with Crippen molar-refractivity contribution in [2.45, 2.75) is 379 Å². The van der Waals surface area contributed by atoms with E-state index in [0.29, 0.717) is 19.4 Å². The molecular formula is C69H131NO5. The van der Waals surface area contributed by atoms with Gasteiger partial charge in [-0.15, -0.1) is 0 Å². The van der Waals surface area contributed by atoms with Gasteiger partial charge >= 0.3 is 5.97 Å². The summed E-state index contributed by atoms with van der Waals surface area (Å²) in [5.74, 6) is -0.0594. The molecule has 0 bridgehead atoms. The van der Waals surface area contributed by atoms with Gasteiger partial charge in [-0.25, -0.2) is 0 Å². The van der Waals surface area contributed by atoms with E-state index in [4.69, 9.17) is 4.74 Å². The summed E-state index contributed by atoms with van der Waals surface area (Å²) in [6.07, 6.45) is 82.1. The Labute approximate surface area is 468 Å². The van der Waals surface area contributed by atoms with Crippen LogP contribution in [0.5, 0.6) is 0 Å². The van der Waals surface area contributed by atoms with Crippen molar-refractivity contribution in [2.24, 2.45) is 0 Å². The second-order valence-corrected chi connectivity index (χ2v) is 23.2. The van der Waals surface area contributed by atoms with Crippen molar-refractivity contribution in [3.8, 4) is 0 Å². The first kappa shape index (κ1) is 73.1. The Balaban J connectivity index is 3.42. The Hall–Kier alpha value is -1.92. The van der Waals surface area contributed by atoms with Crippen molar-refractivity contribution in [3.63, 3.8) is 0 Å². The van der Waals surface area contributed by atoms with Gasteiger partial charge < -0.3 is 20.3 Å². The second-order valence-electron chi connectivity index (χ2n) is 23.2. The van der Waals surface area contributed by atoms with Gasteiger partial charge in [0.25, 0.3) is 0 Å². The lowest BCUT2D eigenvalue weighted by molar-refractivity contribution is -0.143. The number of nitrogens with one attached hydrogen (secondary N) is 1. The number of ether oxygens (including phenoxy) is 1. The predicted octanol–water partition coefficient (Wildman–Crippen LogP) is 21.5. The molecular weight excluding hydrogens is 923 g/mol. The maximum Gasteiger partial charge on any atom is 0.305 e. The molecule has 0 aliphatic rings. The van der Waals surface area contributed by atoms with Crippen molar-refractivity contribution in [1.82, 2.24) is 5.32 Å². The Morgan fingerprint density at radius 3 is 1.01 bits per heavy atom. The number of esters is 1. The molecule has 2 unspecified atom stereocenters. The van der Waals surface area contributed by atoms with Gasteiger partial charge in [0, 0.05) is 12.8 Å². The molecule has 0 saturated carbocycles. The fourth-order valence-electron chi connectivity index (χ4n) is 10.5. The summed E-state index contributed by atoms with van der Waals surface area (Å²) in [5, 5.41) is 23.1. The highest BCUT2D eigenvalue weighted by Crippen LogP contribution is 2.18. The molecule has 2 atom stereocenters. The van der Waals surface area contributed by atoms with Crippen LogP contribution in [0.3, 0.4) is 0 Å². The van der Waals surface area contributed by atoms with Crippen LogP contribution in [0.2, 0.25) is 0 Å². The maximum absolute atomic E-state index is 12.5. The van der Waals surface area contributed by atoms with Gasteiger partial charge in [0.1, 0.15) is 0 Å². The third-order valence-electron chi connectivity index (χ3n) is 15.7. The number of allylic oxidation sites excluding steroid dienone is 5. The van der Waals surface area contributed by atoms with E-state index in [-0.39, 0.29) is 18.5 Å². The first-order valence-electron chi connectivity index (χ1n) is 33.8. The van der Waals surface area contributed by atoms with Crippen LogP contribution in [0.4, 0.5) is 0 Å². The first-order valence-corrected chi connectivity index (χ1v) is 33.8. The smallest absolute Gasteiger partial charge is 0.305 e. The van der Waals surface area contributed by atoms with Gasteiger partial charge in [-0.3, -0.25) is 9.59 Å². The highest BCUT2D eigenvalue weighted by molar-refractivity contribution is 5.76. The molecule has 6 nitrogen and oxygen atoms in total. The van der Waals surface area contributed by atoms with Crippen LogP contribution in [-0.2, 0) is 14.3 Å². The maximum atomic E-state index is 12.5. The van der Waals surface area contributed by atoms with Crippen molar-refractivity contribution in [1.29, 1.82) is 0 Å². The summed E-state index contributed by atoms with van der Waals surface area (Å²) < 4.78 is 5.50. The lowest BCUT2D eigenvalue weighted by atomic mass is 10.0. The molecule has 1 amide bonds. The van der Waals surface area contributed by atoms with Crippen molar-refractivity contribution >= 4 is 11.9 Å². The van der Waals surface area contributed by atoms with Crippen molar-refractivity contribution in [2.75, 3.05) is 13.2 Å². The summed E-state index contributed by atoms with van der Waals surface area (Å²) in [5.41, 5.74) is 0. The molecule has 0 aromatic heterocycles. The Morgan fingerprint density at radius 1 is 0.373 bits per heavy atom. The fourth-order valence-corrected chi connectivity index (χ4v) is 10.5. The summed E-state index contributed by atoms with van der Waals surface area (Å²) in [7, 11) is 0. The first-order chi connectivity index (χ1) is 37.0. The van der Waals surface area contributed by atoms with E-state index in [1.807, 2.05) is 6.08 Å². The number of amides is 1. The van der Waals surface area contributed by atoms with Gasteiger partial charge in [-0.1, -0.05) is 326 Å². The summed E-state index contributed by atoms with van der Waals surface area (Å²) in [4.78, 5) is 24.6. The van der Waals surface area contributed by atoms with Gasteiger partial charge in [0.15, 0.2) is 0 Å². The Kier molecular flexibility index (Phi) is 63.0. The zero-order valence-corrected chi connectivity index (χ0v) is 50.5. The highest BCUT2D eigenvalue weighted by atomic mass is 16.5. The number of carbonyl (C=O) groups excluding carboxylic acids is 2. The molecule has 0 heterocycles. The van der Waals surface area contributed by atoms with E-state index in [0.717, 1.165) is 44.9 Å². The van der Waals surface area contributed by atoms with Gasteiger partial charge in [-0.2, -0.15) is 0 Å². The zero-order valence-electron chi connectivity index (χ0n) is 50.5. The number of aliphatic hydroxyl groups is 2. The van der Waals surface area contributed by atoms with E-state index >= 15 is 0 Å². The van der Waals surface area contributed by atoms with Gasteiger partial charge in [-0.05, 0) is 64.2 Å². The van der Waals surface area contributed by atoms with Crippen LogP contribution in [0.1, 0.15) is 367 Å². The molecule has 0 aromatic carbocycles. The number of hydrogen-bond acceptors (Lipinski definition) is 5. The van der Waals surface area contributed by atoms with Crippen LogP contribution in [0.15, 0.2) is 36.5 Å². The molecule has 0 radical (unpaired) electrons.